The maximum atomic E-state index is 12.0. The molecular formula is C24H34O17. The molecule has 0 aromatic carbocycles. The van der Waals surface area contributed by atoms with E-state index in [1.807, 2.05) is 0 Å². The van der Waals surface area contributed by atoms with E-state index in [2.05, 4.69) is 0 Å². The highest BCUT2D eigenvalue weighted by atomic mass is 16.8. The van der Waals surface area contributed by atoms with E-state index in [0.29, 0.717) is 0 Å². The second-order valence-electron chi connectivity index (χ2n) is 9.10. The quantitative estimate of drug-likeness (QED) is 0.206. The number of hydrogen-bond acceptors (Lipinski definition) is 17. The third-order valence-corrected chi connectivity index (χ3v) is 5.63. The van der Waals surface area contributed by atoms with Crippen LogP contribution in [-0.4, -0.2) is 121 Å². The molecule has 0 aromatic heterocycles. The lowest BCUT2D eigenvalue weighted by Gasteiger charge is -2.47. The van der Waals surface area contributed by atoms with E-state index >= 15 is 0 Å². The summed E-state index contributed by atoms with van der Waals surface area (Å²) in [7, 11) is 0. The highest BCUT2D eigenvalue weighted by Crippen LogP contribution is 2.33. The molecule has 10 atom stereocenters. The predicted molar refractivity (Wildman–Crippen MR) is 126 cm³/mol. The Kier molecular flexibility index (Phi) is 12.4. The highest BCUT2D eigenvalue weighted by molar-refractivity contribution is 5.68. The van der Waals surface area contributed by atoms with Gasteiger partial charge in [-0.3, -0.25) is 28.8 Å². The molecule has 17 nitrogen and oxygen atoms in total. The van der Waals surface area contributed by atoms with Crippen LogP contribution in [0.25, 0.3) is 0 Å². The number of carbonyl (C=O) groups is 6. The summed E-state index contributed by atoms with van der Waals surface area (Å²) in [5.41, 5.74) is 0. The van der Waals surface area contributed by atoms with E-state index in [-0.39, 0.29) is 0 Å². The van der Waals surface area contributed by atoms with E-state index in [1.54, 1.807) is 0 Å². The molecule has 2 N–H and O–H groups in total. The first-order valence-electron chi connectivity index (χ1n) is 12.4. The van der Waals surface area contributed by atoms with Crippen LogP contribution in [0.5, 0.6) is 0 Å². The molecular weight excluding hydrogens is 560 g/mol. The maximum absolute atomic E-state index is 12.0. The van der Waals surface area contributed by atoms with Crippen molar-refractivity contribution in [1.29, 1.82) is 0 Å². The first-order valence-corrected chi connectivity index (χ1v) is 12.4. The minimum atomic E-state index is -1.95. The SMILES string of the molecule is CC(=O)OC[C@H]1O[C@H](O)[C@H](O[C@@H]2O[C@H](COC(C)=O)[C@@H](OC(C)=O)[C@H](OC(C)=O)[C@H]2O)[C@@H](OC(C)=O)[C@@H]1OC(C)=O. The van der Waals surface area contributed by atoms with Crippen LogP contribution in [-0.2, 0) is 71.4 Å². The Bertz CT molecular complexity index is 981. The lowest BCUT2D eigenvalue weighted by atomic mass is 9.96. The summed E-state index contributed by atoms with van der Waals surface area (Å²) in [6, 6.07) is 0. The number of aliphatic hydroxyl groups excluding tert-OH is 2. The van der Waals surface area contributed by atoms with Crippen LogP contribution < -0.4 is 0 Å². The van der Waals surface area contributed by atoms with Crippen molar-refractivity contribution in [3.63, 3.8) is 0 Å². The van der Waals surface area contributed by atoms with E-state index in [1.165, 1.54) is 0 Å². The molecule has 0 spiro atoms. The van der Waals surface area contributed by atoms with Crippen molar-refractivity contribution in [3.05, 3.63) is 0 Å². The van der Waals surface area contributed by atoms with E-state index in [4.69, 9.17) is 42.6 Å². The van der Waals surface area contributed by atoms with Gasteiger partial charge in [-0.05, 0) is 0 Å². The van der Waals surface area contributed by atoms with Gasteiger partial charge in [0.2, 0.25) is 0 Å². The summed E-state index contributed by atoms with van der Waals surface area (Å²) in [5, 5.41) is 21.9. The zero-order valence-corrected chi connectivity index (χ0v) is 23.2. The molecule has 2 heterocycles. The molecule has 2 fully saturated rings. The molecule has 2 rings (SSSR count). The van der Waals surface area contributed by atoms with Gasteiger partial charge < -0.3 is 52.8 Å². The van der Waals surface area contributed by atoms with Gasteiger partial charge in [0, 0.05) is 41.5 Å². The fraction of sp³-hybridized carbons (Fsp3) is 0.750. The second-order valence-corrected chi connectivity index (χ2v) is 9.10. The Labute approximate surface area is 234 Å². The van der Waals surface area contributed by atoms with Gasteiger partial charge in [-0.25, -0.2) is 0 Å². The molecule has 0 saturated carbocycles. The van der Waals surface area contributed by atoms with E-state index < -0.39 is 110 Å². The third-order valence-electron chi connectivity index (χ3n) is 5.63. The van der Waals surface area contributed by atoms with Gasteiger partial charge >= 0.3 is 35.8 Å². The van der Waals surface area contributed by atoms with Crippen LogP contribution in [0.3, 0.4) is 0 Å². The van der Waals surface area contributed by atoms with Crippen molar-refractivity contribution >= 4 is 35.8 Å². The van der Waals surface area contributed by atoms with Crippen LogP contribution in [0, 0.1) is 0 Å². The number of hydrogen-bond donors (Lipinski definition) is 2. The molecule has 0 unspecified atom stereocenters. The molecule has 2 saturated heterocycles. The van der Waals surface area contributed by atoms with Gasteiger partial charge in [-0.15, -0.1) is 0 Å². The Balaban J connectivity index is 2.46. The zero-order chi connectivity index (χ0) is 31.0. The summed E-state index contributed by atoms with van der Waals surface area (Å²) in [6.07, 6.45) is -16.3. The first kappa shape index (κ1) is 33.8. The molecule has 2 aliphatic rings. The number of esters is 6. The van der Waals surface area contributed by atoms with Crippen molar-refractivity contribution in [2.45, 2.75) is 103 Å². The second kappa shape index (κ2) is 15.0. The fourth-order valence-electron chi connectivity index (χ4n) is 4.19. The monoisotopic (exact) mass is 594 g/mol. The summed E-state index contributed by atoms with van der Waals surface area (Å²) >= 11 is 0. The fourth-order valence-corrected chi connectivity index (χ4v) is 4.19. The maximum Gasteiger partial charge on any atom is 0.303 e. The van der Waals surface area contributed by atoms with Crippen LogP contribution in [0.2, 0.25) is 0 Å². The number of carbonyl (C=O) groups excluding carboxylic acids is 6. The average Bonchev–Trinajstić information content (AvgIpc) is 2.83. The largest absolute Gasteiger partial charge is 0.463 e. The standard InChI is InChI=1S/C24H34O17/c1-9(25)33-7-15-19(36-12(4)28)21(38-14(6)30)22(23(32)39-15)41-24-17(31)20(37-13(5)29)18(35-11(3)27)16(40-24)8-34-10(2)26/h15-24,31-32H,7-8H2,1-6H3/t15-,16-,17-,18-,19-,20-,21+,22-,23+,24+/m1/s1. The molecule has 2 aliphatic heterocycles. The van der Waals surface area contributed by atoms with Gasteiger partial charge in [0.15, 0.2) is 43.1 Å². The van der Waals surface area contributed by atoms with Crippen LogP contribution in [0.4, 0.5) is 0 Å². The minimum Gasteiger partial charge on any atom is -0.463 e. The van der Waals surface area contributed by atoms with Crippen molar-refractivity contribution in [2.24, 2.45) is 0 Å². The van der Waals surface area contributed by atoms with Crippen molar-refractivity contribution in [3.8, 4) is 0 Å². The summed E-state index contributed by atoms with van der Waals surface area (Å²) in [5.74, 6) is -4.94. The van der Waals surface area contributed by atoms with Crippen LogP contribution in [0.15, 0.2) is 0 Å². The molecule has 17 heteroatoms. The normalized spacial score (nSPS) is 33.1. The Morgan fingerprint density at radius 3 is 1.37 bits per heavy atom. The highest BCUT2D eigenvalue weighted by Gasteiger charge is 2.55. The molecule has 0 amide bonds. The molecule has 41 heavy (non-hydrogen) atoms. The number of rotatable bonds is 10. The summed E-state index contributed by atoms with van der Waals surface area (Å²) < 4.78 is 47.7. The van der Waals surface area contributed by atoms with Crippen molar-refractivity contribution in [2.75, 3.05) is 13.2 Å². The Morgan fingerprint density at radius 1 is 0.537 bits per heavy atom. The smallest absolute Gasteiger partial charge is 0.303 e. The molecule has 0 radical (unpaired) electrons. The van der Waals surface area contributed by atoms with Gasteiger partial charge in [-0.1, -0.05) is 0 Å². The minimum absolute atomic E-state index is 0.513. The average molecular weight is 595 g/mol. The topological polar surface area (TPSA) is 226 Å². The molecule has 0 bridgehead atoms. The van der Waals surface area contributed by atoms with Gasteiger partial charge in [0.1, 0.15) is 31.5 Å². The van der Waals surface area contributed by atoms with Gasteiger partial charge in [0.25, 0.3) is 0 Å². The third kappa shape index (κ3) is 9.89. The Morgan fingerprint density at radius 2 is 0.927 bits per heavy atom. The van der Waals surface area contributed by atoms with Crippen LogP contribution in [0.1, 0.15) is 41.5 Å². The summed E-state index contributed by atoms with van der Waals surface area (Å²) in [4.78, 5) is 70.2. The first-order chi connectivity index (χ1) is 19.1. The predicted octanol–water partition coefficient (Wildman–Crippen LogP) is -1.97. The zero-order valence-electron chi connectivity index (χ0n) is 23.2. The van der Waals surface area contributed by atoms with Gasteiger partial charge in [-0.2, -0.15) is 0 Å². The van der Waals surface area contributed by atoms with Crippen molar-refractivity contribution < 1.29 is 81.6 Å². The summed E-state index contributed by atoms with van der Waals surface area (Å²) in [6.45, 7) is 5.27. The van der Waals surface area contributed by atoms with Crippen LogP contribution >= 0.6 is 0 Å². The molecule has 232 valence electrons. The van der Waals surface area contributed by atoms with E-state index in [0.717, 1.165) is 41.5 Å². The molecule has 0 aliphatic carbocycles. The number of ether oxygens (including phenoxy) is 9. The van der Waals surface area contributed by atoms with Gasteiger partial charge in [0.05, 0.1) is 0 Å². The van der Waals surface area contributed by atoms with E-state index in [9.17, 15) is 39.0 Å². The molecule has 0 aromatic rings. The lowest BCUT2D eigenvalue weighted by molar-refractivity contribution is -0.363. The number of aliphatic hydroxyl groups is 2. The lowest BCUT2D eigenvalue weighted by Crippen LogP contribution is -2.66. The van der Waals surface area contributed by atoms with Crippen molar-refractivity contribution in [1.82, 2.24) is 0 Å². The Hall–Kier alpha value is -3.38.